The maximum absolute atomic E-state index is 12.6. The summed E-state index contributed by atoms with van der Waals surface area (Å²) in [5.74, 6) is 0.952. The van der Waals surface area contributed by atoms with Gasteiger partial charge in [0.05, 0.1) is 5.69 Å². The lowest BCUT2D eigenvalue weighted by molar-refractivity contribution is 0.102. The van der Waals surface area contributed by atoms with Crippen LogP contribution in [0.2, 0.25) is 5.02 Å². The molecule has 0 fully saturated rings. The van der Waals surface area contributed by atoms with E-state index in [9.17, 15) is 4.79 Å². The molecule has 3 rings (SSSR count). The molecule has 1 amide bonds. The van der Waals surface area contributed by atoms with Gasteiger partial charge < -0.3 is 5.32 Å². The molecule has 25 heavy (non-hydrogen) atoms. The monoisotopic (exact) mass is 354 g/mol. The van der Waals surface area contributed by atoms with Crippen molar-refractivity contribution in [2.24, 2.45) is 0 Å². The number of pyridine rings is 1. The van der Waals surface area contributed by atoms with Gasteiger partial charge in [-0.15, -0.1) is 0 Å². The molecule has 0 bridgehead atoms. The van der Waals surface area contributed by atoms with Gasteiger partial charge in [-0.1, -0.05) is 44.5 Å². The number of carbonyl (C=O) groups is 1. The number of amides is 1. The Morgan fingerprint density at radius 3 is 2.56 bits per heavy atom. The molecule has 128 valence electrons. The molecule has 0 unspecified atom stereocenters. The molecule has 0 spiro atoms. The first kappa shape index (κ1) is 17.2. The first-order chi connectivity index (χ1) is 11.8. The largest absolute Gasteiger partial charge is 0.306 e. The van der Waals surface area contributed by atoms with Gasteiger partial charge in [-0.2, -0.15) is 9.78 Å². The van der Waals surface area contributed by atoms with Crippen LogP contribution in [0.5, 0.6) is 0 Å². The van der Waals surface area contributed by atoms with Crippen LogP contribution in [-0.4, -0.2) is 20.7 Å². The summed E-state index contributed by atoms with van der Waals surface area (Å²) in [5, 5.41) is 8.05. The van der Waals surface area contributed by atoms with Gasteiger partial charge in [0, 0.05) is 28.3 Å². The number of aromatic nitrogens is 3. The Morgan fingerprint density at radius 1 is 1.12 bits per heavy atom. The van der Waals surface area contributed by atoms with E-state index in [0.717, 1.165) is 5.69 Å². The molecule has 0 saturated heterocycles. The number of benzene rings is 1. The van der Waals surface area contributed by atoms with E-state index in [2.05, 4.69) is 36.2 Å². The minimum absolute atomic E-state index is 0.157. The van der Waals surface area contributed by atoms with E-state index in [4.69, 9.17) is 11.6 Å². The molecular weight excluding hydrogens is 336 g/mol. The van der Waals surface area contributed by atoms with E-state index in [1.54, 1.807) is 35.1 Å². The molecule has 2 aromatic heterocycles. The van der Waals surface area contributed by atoms with Crippen molar-refractivity contribution in [3.8, 4) is 5.82 Å². The minimum Gasteiger partial charge on any atom is -0.306 e. The molecule has 1 N–H and O–H groups in total. The van der Waals surface area contributed by atoms with Crippen LogP contribution < -0.4 is 5.32 Å². The quantitative estimate of drug-likeness (QED) is 0.754. The molecule has 0 aliphatic heterocycles. The van der Waals surface area contributed by atoms with Crippen LogP contribution in [0.25, 0.3) is 5.82 Å². The fraction of sp³-hybridized carbons (Fsp3) is 0.211. The lowest BCUT2D eigenvalue weighted by Gasteiger charge is -2.13. The molecule has 1 aromatic carbocycles. The van der Waals surface area contributed by atoms with Gasteiger partial charge in [-0.25, -0.2) is 4.98 Å². The van der Waals surface area contributed by atoms with E-state index in [0.29, 0.717) is 22.2 Å². The summed E-state index contributed by atoms with van der Waals surface area (Å²) in [6.45, 7) is 6.21. The lowest BCUT2D eigenvalue weighted by atomic mass is 9.92. The van der Waals surface area contributed by atoms with Crippen LogP contribution in [0, 0.1) is 0 Å². The fourth-order valence-corrected chi connectivity index (χ4v) is 2.50. The fourth-order valence-electron chi connectivity index (χ4n) is 2.31. The van der Waals surface area contributed by atoms with E-state index in [1.807, 2.05) is 24.3 Å². The molecular formula is C19H19ClN4O. The number of carbonyl (C=O) groups excluding carboxylic acids is 1. The zero-order valence-electron chi connectivity index (χ0n) is 14.3. The van der Waals surface area contributed by atoms with Gasteiger partial charge in [0.1, 0.15) is 5.82 Å². The maximum Gasteiger partial charge on any atom is 0.256 e. The highest BCUT2D eigenvalue weighted by Gasteiger charge is 2.22. The number of hydrogen-bond donors (Lipinski definition) is 1. The Morgan fingerprint density at radius 2 is 1.92 bits per heavy atom. The van der Waals surface area contributed by atoms with Gasteiger partial charge in [-0.05, 0) is 30.3 Å². The number of halogens is 1. The predicted octanol–water partition coefficient (Wildman–Crippen LogP) is 4.47. The van der Waals surface area contributed by atoms with Crippen LogP contribution in [0.4, 0.5) is 5.82 Å². The third-order valence-corrected chi connectivity index (χ3v) is 3.91. The smallest absolute Gasteiger partial charge is 0.256 e. The molecule has 0 radical (unpaired) electrons. The second kappa shape index (κ2) is 6.69. The molecule has 0 aliphatic rings. The lowest BCUT2D eigenvalue weighted by Crippen LogP contribution is -2.15. The number of nitrogens with zero attached hydrogens (tertiary/aromatic N) is 3. The third-order valence-electron chi connectivity index (χ3n) is 3.67. The molecule has 0 saturated carbocycles. The van der Waals surface area contributed by atoms with Gasteiger partial charge in [-0.3, -0.25) is 4.79 Å². The number of rotatable bonds is 3. The van der Waals surface area contributed by atoms with Crippen molar-refractivity contribution in [1.82, 2.24) is 14.8 Å². The Bertz CT molecular complexity index is 897. The van der Waals surface area contributed by atoms with Crippen molar-refractivity contribution in [2.45, 2.75) is 26.2 Å². The first-order valence-electron chi connectivity index (χ1n) is 7.93. The molecule has 3 aromatic rings. The van der Waals surface area contributed by atoms with Crippen molar-refractivity contribution in [2.75, 3.05) is 5.32 Å². The van der Waals surface area contributed by atoms with Crippen molar-refractivity contribution in [3.05, 3.63) is 71.0 Å². The summed E-state index contributed by atoms with van der Waals surface area (Å²) in [4.78, 5) is 16.9. The van der Waals surface area contributed by atoms with Crippen molar-refractivity contribution >= 4 is 23.3 Å². The Labute approximate surface area is 151 Å². The highest BCUT2D eigenvalue weighted by molar-refractivity contribution is 6.31. The van der Waals surface area contributed by atoms with E-state index in [-0.39, 0.29) is 11.3 Å². The van der Waals surface area contributed by atoms with Crippen LogP contribution in [0.15, 0.2) is 54.7 Å². The molecule has 0 atom stereocenters. The molecule has 0 aliphatic carbocycles. The second-order valence-corrected chi connectivity index (χ2v) is 7.17. The van der Waals surface area contributed by atoms with E-state index in [1.165, 1.54) is 0 Å². The summed E-state index contributed by atoms with van der Waals surface area (Å²) >= 11 is 5.98. The number of hydrogen-bond acceptors (Lipinski definition) is 3. The number of nitrogens with one attached hydrogen (secondary N) is 1. The average Bonchev–Trinajstić information content (AvgIpc) is 3.00. The highest BCUT2D eigenvalue weighted by Crippen LogP contribution is 2.26. The van der Waals surface area contributed by atoms with Gasteiger partial charge in [0.15, 0.2) is 5.82 Å². The molecule has 2 heterocycles. The Kier molecular flexibility index (Phi) is 4.59. The Hall–Kier alpha value is -2.66. The summed E-state index contributed by atoms with van der Waals surface area (Å²) in [5.41, 5.74) is 1.19. The zero-order chi connectivity index (χ0) is 18.0. The number of anilines is 1. The van der Waals surface area contributed by atoms with Crippen LogP contribution in [0.1, 0.15) is 36.8 Å². The standard InChI is InChI=1S/C19H19ClN4O/c1-19(2,3)15-12-17(24(23-15)16-9-4-5-10-21-16)22-18(25)13-7-6-8-14(20)11-13/h4-12H,1-3H3,(H,22,25). The van der Waals surface area contributed by atoms with Crippen molar-refractivity contribution < 1.29 is 4.79 Å². The first-order valence-corrected chi connectivity index (χ1v) is 8.31. The topological polar surface area (TPSA) is 59.8 Å². The second-order valence-electron chi connectivity index (χ2n) is 6.73. The predicted molar refractivity (Wildman–Crippen MR) is 99.5 cm³/mol. The van der Waals surface area contributed by atoms with Crippen LogP contribution in [-0.2, 0) is 5.41 Å². The van der Waals surface area contributed by atoms with Gasteiger partial charge >= 0.3 is 0 Å². The summed E-state index contributed by atoms with van der Waals surface area (Å²) < 4.78 is 1.64. The Balaban J connectivity index is 2.00. The minimum atomic E-state index is -0.250. The maximum atomic E-state index is 12.6. The summed E-state index contributed by atoms with van der Waals surface area (Å²) in [7, 11) is 0. The van der Waals surface area contributed by atoms with Crippen molar-refractivity contribution in [1.29, 1.82) is 0 Å². The summed E-state index contributed by atoms with van der Waals surface area (Å²) in [6.07, 6.45) is 1.69. The van der Waals surface area contributed by atoms with E-state index < -0.39 is 0 Å². The van der Waals surface area contributed by atoms with Crippen LogP contribution >= 0.6 is 11.6 Å². The SMILES string of the molecule is CC(C)(C)c1cc(NC(=O)c2cccc(Cl)c2)n(-c2ccccn2)n1. The normalized spacial score (nSPS) is 11.4. The van der Waals surface area contributed by atoms with Crippen LogP contribution in [0.3, 0.4) is 0 Å². The molecule has 5 nitrogen and oxygen atoms in total. The summed E-state index contributed by atoms with van der Waals surface area (Å²) in [6, 6.07) is 14.2. The third kappa shape index (κ3) is 3.88. The average molecular weight is 355 g/mol. The van der Waals surface area contributed by atoms with Gasteiger partial charge in [0.25, 0.3) is 5.91 Å². The van der Waals surface area contributed by atoms with Crippen molar-refractivity contribution in [3.63, 3.8) is 0 Å². The molecule has 6 heteroatoms. The zero-order valence-corrected chi connectivity index (χ0v) is 15.1. The highest BCUT2D eigenvalue weighted by atomic mass is 35.5. The van der Waals surface area contributed by atoms with Gasteiger partial charge in [0.2, 0.25) is 0 Å². The van der Waals surface area contributed by atoms with E-state index >= 15 is 0 Å².